The number of nitrogens with zero attached hydrogens (tertiary/aromatic N) is 2. The molecule has 0 atom stereocenters. The third-order valence-corrected chi connectivity index (χ3v) is 4.07. The first-order valence-corrected chi connectivity index (χ1v) is 7.59. The Bertz CT molecular complexity index is 1050. The Kier molecular flexibility index (Phi) is 3.45. The van der Waals surface area contributed by atoms with Crippen molar-refractivity contribution in [2.45, 2.75) is 13.0 Å². The van der Waals surface area contributed by atoms with Crippen molar-refractivity contribution in [3.8, 4) is 0 Å². The zero-order chi connectivity index (χ0) is 17.6. The fourth-order valence-corrected chi connectivity index (χ4v) is 2.91. The van der Waals surface area contributed by atoms with E-state index in [4.69, 9.17) is 0 Å². The normalized spacial score (nSPS) is 15.1. The van der Waals surface area contributed by atoms with Crippen LogP contribution in [0.2, 0.25) is 0 Å². The third kappa shape index (κ3) is 2.42. The molecule has 126 valence electrons. The number of amides is 1. The van der Waals surface area contributed by atoms with Crippen LogP contribution in [0.1, 0.15) is 6.42 Å². The summed E-state index contributed by atoms with van der Waals surface area (Å²) < 4.78 is 29.3. The van der Waals surface area contributed by atoms with Crippen molar-refractivity contribution in [3.63, 3.8) is 0 Å². The van der Waals surface area contributed by atoms with E-state index in [1.54, 1.807) is 16.8 Å². The van der Waals surface area contributed by atoms with Gasteiger partial charge in [0.05, 0.1) is 5.35 Å². The average Bonchev–Trinajstić information content (AvgIpc) is 2.96. The molecule has 3 heterocycles. The van der Waals surface area contributed by atoms with E-state index in [-0.39, 0.29) is 17.5 Å². The monoisotopic (exact) mass is 342 g/mol. The van der Waals surface area contributed by atoms with Crippen LogP contribution in [-0.4, -0.2) is 21.2 Å². The average molecular weight is 342 g/mol. The number of benzene rings is 1. The number of hydrogen-bond acceptors (Lipinski definition) is 4. The number of ketones is 1. The minimum atomic E-state index is -0.918. The Hall–Kier alpha value is -3.29. The van der Waals surface area contributed by atoms with Gasteiger partial charge < -0.3 is 15.2 Å². The Morgan fingerprint density at radius 1 is 1.28 bits per heavy atom. The molecule has 2 N–H and O–H groups in total. The van der Waals surface area contributed by atoms with Gasteiger partial charge in [-0.05, 0) is 24.3 Å². The van der Waals surface area contributed by atoms with Gasteiger partial charge in [0.2, 0.25) is 0 Å². The summed E-state index contributed by atoms with van der Waals surface area (Å²) in [6.07, 6.45) is 5.37. The Morgan fingerprint density at radius 3 is 2.80 bits per heavy atom. The SMILES string of the molecule is O=C1CCn2c(nc3c2=CC=CN3)=C1C(=O)Nc1c(F)cccc1F. The van der Waals surface area contributed by atoms with Gasteiger partial charge in [0.1, 0.15) is 22.9 Å². The summed E-state index contributed by atoms with van der Waals surface area (Å²) in [5.74, 6) is -2.62. The van der Waals surface area contributed by atoms with Gasteiger partial charge in [0, 0.05) is 19.2 Å². The minimum absolute atomic E-state index is 0.107. The Balaban J connectivity index is 1.85. The van der Waals surface area contributed by atoms with Gasteiger partial charge in [-0.15, -0.1) is 0 Å². The second-order valence-corrected chi connectivity index (χ2v) is 5.59. The highest BCUT2D eigenvalue weighted by atomic mass is 19.1. The van der Waals surface area contributed by atoms with Gasteiger partial charge in [0.25, 0.3) is 5.91 Å². The van der Waals surface area contributed by atoms with Crippen LogP contribution >= 0.6 is 0 Å². The number of para-hydroxylation sites is 1. The van der Waals surface area contributed by atoms with Gasteiger partial charge in [0.15, 0.2) is 17.1 Å². The second kappa shape index (κ2) is 5.66. The maximum absolute atomic E-state index is 13.8. The highest BCUT2D eigenvalue weighted by Crippen LogP contribution is 2.19. The minimum Gasteiger partial charge on any atom is -0.345 e. The molecule has 1 aromatic heterocycles. The van der Waals surface area contributed by atoms with Gasteiger partial charge >= 0.3 is 0 Å². The number of carbonyl (C=O) groups excluding carboxylic acids is 2. The van der Waals surface area contributed by atoms with E-state index in [0.717, 1.165) is 17.5 Å². The van der Waals surface area contributed by atoms with Crippen molar-refractivity contribution >= 4 is 34.8 Å². The lowest BCUT2D eigenvalue weighted by Crippen LogP contribution is -2.40. The van der Waals surface area contributed by atoms with Crippen LogP contribution in [0.5, 0.6) is 0 Å². The molecular weight excluding hydrogens is 330 g/mol. The molecule has 0 saturated carbocycles. The van der Waals surface area contributed by atoms with Crippen molar-refractivity contribution in [1.29, 1.82) is 0 Å². The summed E-state index contributed by atoms with van der Waals surface area (Å²) in [7, 11) is 0. The fraction of sp³-hybridized carbons (Fsp3) is 0.118. The van der Waals surface area contributed by atoms with E-state index in [2.05, 4.69) is 15.6 Å². The molecule has 0 spiro atoms. The molecular formula is C17H12F2N4O2. The molecule has 0 saturated heterocycles. The summed E-state index contributed by atoms with van der Waals surface area (Å²) in [5.41, 5.74) is -0.617. The van der Waals surface area contributed by atoms with Crippen molar-refractivity contribution in [1.82, 2.24) is 9.55 Å². The highest BCUT2D eigenvalue weighted by Gasteiger charge is 2.28. The van der Waals surface area contributed by atoms with Crippen molar-refractivity contribution < 1.29 is 18.4 Å². The quantitative estimate of drug-likeness (QED) is 0.840. The van der Waals surface area contributed by atoms with Crippen LogP contribution in [0.4, 0.5) is 20.3 Å². The predicted octanol–water partition coefficient (Wildman–Crippen LogP) is 0.643. The Labute approximate surface area is 140 Å². The molecule has 1 aromatic carbocycles. The number of fused-ring (bicyclic) bond motifs is 3. The fourth-order valence-electron chi connectivity index (χ4n) is 2.91. The molecule has 6 nitrogen and oxygen atoms in total. The molecule has 4 rings (SSSR count). The maximum Gasteiger partial charge on any atom is 0.263 e. The van der Waals surface area contributed by atoms with E-state index in [0.29, 0.717) is 12.4 Å². The lowest BCUT2D eigenvalue weighted by molar-refractivity contribution is -0.117. The first-order valence-electron chi connectivity index (χ1n) is 7.59. The summed E-state index contributed by atoms with van der Waals surface area (Å²) in [4.78, 5) is 29.1. The van der Waals surface area contributed by atoms with E-state index in [9.17, 15) is 18.4 Å². The number of halogens is 2. The highest BCUT2D eigenvalue weighted by molar-refractivity contribution is 6.43. The zero-order valence-corrected chi connectivity index (χ0v) is 12.8. The van der Waals surface area contributed by atoms with Crippen LogP contribution in [0, 0.1) is 11.6 Å². The zero-order valence-electron chi connectivity index (χ0n) is 12.8. The number of imidazole rings is 1. The van der Waals surface area contributed by atoms with E-state index in [1.807, 2.05) is 6.08 Å². The molecule has 2 aliphatic rings. The van der Waals surface area contributed by atoms with Gasteiger partial charge in [-0.25, -0.2) is 13.8 Å². The van der Waals surface area contributed by atoms with Gasteiger partial charge in [-0.2, -0.15) is 0 Å². The van der Waals surface area contributed by atoms with E-state index < -0.39 is 29.0 Å². The lowest BCUT2D eigenvalue weighted by atomic mass is 10.1. The molecule has 8 heteroatoms. The largest absolute Gasteiger partial charge is 0.345 e. The predicted molar refractivity (Wildman–Crippen MR) is 86.7 cm³/mol. The Morgan fingerprint density at radius 2 is 2.04 bits per heavy atom. The van der Waals surface area contributed by atoms with Crippen molar-refractivity contribution in [2.75, 3.05) is 10.6 Å². The number of hydrogen-bond donors (Lipinski definition) is 2. The van der Waals surface area contributed by atoms with Gasteiger partial charge in [-0.1, -0.05) is 6.07 Å². The van der Waals surface area contributed by atoms with Crippen LogP contribution in [0.25, 0.3) is 11.6 Å². The first-order chi connectivity index (χ1) is 12.1. The topological polar surface area (TPSA) is 76.0 Å². The smallest absolute Gasteiger partial charge is 0.263 e. The molecule has 0 fully saturated rings. The van der Waals surface area contributed by atoms with Crippen molar-refractivity contribution in [2.24, 2.45) is 0 Å². The summed E-state index contributed by atoms with van der Waals surface area (Å²) in [5, 5.41) is 5.84. The molecule has 25 heavy (non-hydrogen) atoms. The number of Topliss-reactive ketones (excluding diaryl/α,β-unsaturated/α-hetero) is 1. The molecule has 2 aliphatic heterocycles. The molecule has 0 radical (unpaired) electrons. The summed E-state index contributed by atoms with van der Waals surface area (Å²) in [6, 6.07) is 3.24. The molecule has 0 unspecified atom stereocenters. The molecule has 2 aromatic rings. The van der Waals surface area contributed by atoms with E-state index in [1.165, 1.54) is 6.07 Å². The number of rotatable bonds is 2. The second-order valence-electron chi connectivity index (χ2n) is 5.59. The number of nitrogens with one attached hydrogen (secondary N) is 2. The standard InChI is InChI=1S/C17H12F2N4O2/c18-9-3-1-4-10(19)14(9)21-17(25)13-12(24)6-8-23-11-5-2-7-20-15(11)22-16(13)23/h1-5,7H,6,8H2,(H,20,22)(H,21,25). The van der Waals surface area contributed by atoms with E-state index >= 15 is 0 Å². The van der Waals surface area contributed by atoms with Crippen LogP contribution in [-0.2, 0) is 16.1 Å². The van der Waals surface area contributed by atoms with Crippen LogP contribution < -0.4 is 21.5 Å². The van der Waals surface area contributed by atoms with Crippen molar-refractivity contribution in [3.05, 3.63) is 52.9 Å². The lowest BCUT2D eigenvalue weighted by Gasteiger charge is -2.14. The molecule has 1 amide bonds. The van der Waals surface area contributed by atoms with Crippen LogP contribution in [0.3, 0.4) is 0 Å². The molecule has 0 bridgehead atoms. The van der Waals surface area contributed by atoms with Gasteiger partial charge in [-0.3, -0.25) is 9.59 Å². The number of carbonyl (C=O) groups is 2. The number of anilines is 2. The third-order valence-electron chi connectivity index (χ3n) is 4.07. The number of aromatic nitrogens is 2. The summed E-state index contributed by atoms with van der Waals surface area (Å²) in [6.45, 7) is 0.382. The molecule has 0 aliphatic carbocycles. The maximum atomic E-state index is 13.8. The summed E-state index contributed by atoms with van der Waals surface area (Å²) >= 11 is 0. The number of allylic oxidation sites excluding steroid dienone is 1. The van der Waals surface area contributed by atoms with Crippen LogP contribution in [0.15, 0.2) is 30.5 Å². The first kappa shape index (κ1) is 15.3.